The summed E-state index contributed by atoms with van der Waals surface area (Å²) in [4.78, 5) is 0. The van der Waals surface area contributed by atoms with Gasteiger partial charge >= 0.3 is 0 Å². The van der Waals surface area contributed by atoms with Crippen LogP contribution >= 0.6 is 15.9 Å². The summed E-state index contributed by atoms with van der Waals surface area (Å²) in [5, 5.41) is 3.93. The molecule has 0 heterocycles. The minimum atomic E-state index is 0.576. The first-order chi connectivity index (χ1) is 10.1. The van der Waals surface area contributed by atoms with Crippen LogP contribution < -0.4 is 5.32 Å². The molecular weight excluding hydrogens is 322 g/mol. The summed E-state index contributed by atoms with van der Waals surface area (Å²) < 4.78 is 1.22. The summed E-state index contributed by atoms with van der Waals surface area (Å²) in [6.07, 6.45) is 9.61. The molecule has 1 atom stereocenters. The zero-order chi connectivity index (χ0) is 14.9. The van der Waals surface area contributed by atoms with Crippen molar-refractivity contribution in [2.45, 2.75) is 64.8 Å². The number of benzene rings is 1. The topological polar surface area (TPSA) is 12.0 Å². The average Bonchev–Trinajstić information content (AvgIpc) is 3.03. The lowest BCUT2D eigenvalue weighted by atomic mass is 9.78. The van der Waals surface area contributed by atoms with Crippen LogP contribution in [-0.4, -0.2) is 6.54 Å². The van der Waals surface area contributed by atoms with Crippen LogP contribution in [0.25, 0.3) is 0 Å². The monoisotopic (exact) mass is 349 g/mol. The Kier molecular flexibility index (Phi) is 4.75. The largest absolute Gasteiger partial charge is 0.309 e. The van der Waals surface area contributed by atoms with Crippen LogP contribution in [0.15, 0.2) is 22.7 Å². The van der Waals surface area contributed by atoms with Gasteiger partial charge in [-0.1, -0.05) is 48.7 Å². The highest BCUT2D eigenvalue weighted by Crippen LogP contribution is 2.43. The van der Waals surface area contributed by atoms with Crippen LogP contribution in [0, 0.1) is 11.3 Å². The summed E-state index contributed by atoms with van der Waals surface area (Å²) >= 11 is 3.59. The number of hydrogen-bond donors (Lipinski definition) is 1. The van der Waals surface area contributed by atoms with E-state index in [0.29, 0.717) is 11.5 Å². The molecule has 0 aliphatic heterocycles. The predicted octanol–water partition coefficient (Wildman–Crippen LogP) is 5.63. The van der Waals surface area contributed by atoms with Gasteiger partial charge in [0.2, 0.25) is 0 Å². The molecule has 0 amide bonds. The van der Waals surface area contributed by atoms with Gasteiger partial charge in [0.1, 0.15) is 0 Å². The van der Waals surface area contributed by atoms with Crippen LogP contribution in [0.4, 0.5) is 0 Å². The van der Waals surface area contributed by atoms with Crippen molar-refractivity contribution in [3.63, 3.8) is 0 Å². The minimum Gasteiger partial charge on any atom is -0.309 e. The minimum absolute atomic E-state index is 0.576. The zero-order valence-corrected chi connectivity index (χ0v) is 15.0. The van der Waals surface area contributed by atoms with Crippen LogP contribution in [0.1, 0.15) is 69.5 Å². The van der Waals surface area contributed by atoms with Crippen molar-refractivity contribution in [3.8, 4) is 0 Å². The number of rotatable bonds is 5. The van der Waals surface area contributed by atoms with Crippen molar-refractivity contribution >= 4 is 15.9 Å². The van der Waals surface area contributed by atoms with Gasteiger partial charge in [-0.2, -0.15) is 0 Å². The third-order valence-corrected chi connectivity index (χ3v) is 5.90. The van der Waals surface area contributed by atoms with Crippen LogP contribution in [0.2, 0.25) is 0 Å². The van der Waals surface area contributed by atoms with Crippen molar-refractivity contribution in [1.82, 2.24) is 5.32 Å². The smallest absolute Gasteiger partial charge is 0.0326 e. The van der Waals surface area contributed by atoms with E-state index in [9.17, 15) is 0 Å². The van der Waals surface area contributed by atoms with Gasteiger partial charge in [-0.3, -0.25) is 0 Å². The molecule has 0 radical (unpaired) electrons. The predicted molar refractivity (Wildman–Crippen MR) is 93.6 cm³/mol. The van der Waals surface area contributed by atoms with E-state index < -0.39 is 0 Å². The highest BCUT2D eigenvalue weighted by molar-refractivity contribution is 9.10. The van der Waals surface area contributed by atoms with E-state index in [1.54, 1.807) is 0 Å². The van der Waals surface area contributed by atoms with Gasteiger partial charge < -0.3 is 5.32 Å². The Morgan fingerprint density at radius 2 is 2.05 bits per heavy atom. The summed E-state index contributed by atoms with van der Waals surface area (Å²) in [6, 6.07) is 7.39. The number of nitrogens with one attached hydrogen (secondary N) is 1. The molecule has 1 saturated carbocycles. The second kappa shape index (κ2) is 6.42. The van der Waals surface area contributed by atoms with Gasteiger partial charge in [0.15, 0.2) is 0 Å². The van der Waals surface area contributed by atoms with E-state index in [1.165, 1.54) is 67.1 Å². The normalized spacial score (nSPS) is 23.7. The molecule has 3 rings (SSSR count). The fourth-order valence-electron chi connectivity index (χ4n) is 4.58. The fraction of sp³-hybridized carbons (Fsp3) is 0.684. The molecule has 1 unspecified atom stereocenters. The highest BCUT2D eigenvalue weighted by Gasteiger charge is 2.35. The molecule has 0 aromatic heterocycles. The lowest BCUT2D eigenvalue weighted by molar-refractivity contribution is 0.215. The maximum absolute atomic E-state index is 3.93. The average molecular weight is 350 g/mol. The first kappa shape index (κ1) is 15.6. The Balaban J connectivity index is 1.65. The Hall–Kier alpha value is -0.340. The van der Waals surface area contributed by atoms with Gasteiger partial charge in [0, 0.05) is 17.1 Å². The molecule has 0 spiro atoms. The maximum atomic E-state index is 3.93. The number of aryl methyl sites for hydroxylation is 1. The summed E-state index contributed by atoms with van der Waals surface area (Å²) in [7, 11) is 0. The van der Waals surface area contributed by atoms with E-state index in [-0.39, 0.29) is 0 Å². The zero-order valence-electron chi connectivity index (χ0n) is 13.4. The Bertz CT molecular complexity index is 488. The molecule has 2 aliphatic carbocycles. The second-order valence-electron chi connectivity index (χ2n) is 7.62. The number of halogens is 1. The van der Waals surface area contributed by atoms with Crippen molar-refractivity contribution in [2.24, 2.45) is 11.3 Å². The molecular formula is C19H28BrN. The van der Waals surface area contributed by atoms with E-state index in [2.05, 4.69) is 53.3 Å². The third kappa shape index (κ3) is 3.53. The van der Waals surface area contributed by atoms with Gasteiger partial charge in [-0.05, 0) is 66.7 Å². The quantitative estimate of drug-likeness (QED) is 0.725. The number of fused-ring (bicyclic) bond motifs is 1. The first-order valence-corrected chi connectivity index (χ1v) is 9.39. The standard InChI is InChI=1S/C19H28BrN/c1-14(2)12-19(9-3-4-10-19)13-21-18-8-5-15-11-16(20)6-7-17(15)18/h6-7,11,14,18,21H,3-5,8-10,12-13H2,1-2H3. The highest BCUT2D eigenvalue weighted by atomic mass is 79.9. The first-order valence-electron chi connectivity index (χ1n) is 8.60. The fourth-order valence-corrected chi connectivity index (χ4v) is 4.99. The van der Waals surface area contributed by atoms with Crippen molar-refractivity contribution in [3.05, 3.63) is 33.8 Å². The van der Waals surface area contributed by atoms with Gasteiger partial charge in [0.05, 0.1) is 0 Å². The molecule has 1 N–H and O–H groups in total. The summed E-state index contributed by atoms with van der Waals surface area (Å²) in [5.41, 5.74) is 3.65. The van der Waals surface area contributed by atoms with Crippen LogP contribution in [-0.2, 0) is 6.42 Å². The summed E-state index contributed by atoms with van der Waals surface area (Å²) in [5.74, 6) is 0.816. The Morgan fingerprint density at radius 3 is 2.76 bits per heavy atom. The van der Waals surface area contributed by atoms with Crippen LogP contribution in [0.5, 0.6) is 0 Å². The third-order valence-electron chi connectivity index (χ3n) is 5.41. The molecule has 2 heteroatoms. The summed E-state index contributed by atoms with van der Waals surface area (Å²) in [6.45, 7) is 5.97. The van der Waals surface area contributed by atoms with E-state index >= 15 is 0 Å². The van der Waals surface area contributed by atoms with E-state index in [0.717, 1.165) is 5.92 Å². The molecule has 2 aliphatic rings. The van der Waals surface area contributed by atoms with Gasteiger partial charge in [-0.25, -0.2) is 0 Å². The lowest BCUT2D eigenvalue weighted by Crippen LogP contribution is -2.35. The SMILES string of the molecule is CC(C)CC1(CNC2CCc3cc(Br)ccc32)CCCC1. The van der Waals surface area contributed by atoms with Gasteiger partial charge in [0.25, 0.3) is 0 Å². The molecule has 21 heavy (non-hydrogen) atoms. The van der Waals surface area contributed by atoms with E-state index in [4.69, 9.17) is 0 Å². The Morgan fingerprint density at radius 1 is 1.29 bits per heavy atom. The van der Waals surface area contributed by atoms with Gasteiger partial charge in [-0.15, -0.1) is 0 Å². The van der Waals surface area contributed by atoms with Crippen molar-refractivity contribution in [1.29, 1.82) is 0 Å². The van der Waals surface area contributed by atoms with E-state index in [1.807, 2.05) is 0 Å². The Labute approximate surface area is 138 Å². The molecule has 1 aromatic carbocycles. The maximum Gasteiger partial charge on any atom is 0.0326 e. The van der Waals surface area contributed by atoms with Crippen LogP contribution in [0.3, 0.4) is 0 Å². The molecule has 1 fully saturated rings. The molecule has 1 nitrogen and oxygen atoms in total. The van der Waals surface area contributed by atoms with Crippen molar-refractivity contribution < 1.29 is 0 Å². The molecule has 116 valence electrons. The molecule has 0 bridgehead atoms. The van der Waals surface area contributed by atoms with Crippen molar-refractivity contribution in [2.75, 3.05) is 6.54 Å². The molecule has 0 saturated heterocycles. The lowest BCUT2D eigenvalue weighted by Gasteiger charge is -2.33. The molecule has 1 aromatic rings. The number of hydrogen-bond acceptors (Lipinski definition) is 1. The second-order valence-corrected chi connectivity index (χ2v) is 8.54.